The first-order chi connectivity index (χ1) is 7.00. The number of esters is 2. The van der Waals surface area contributed by atoms with Crippen molar-refractivity contribution in [3.8, 4) is 0 Å². The molecule has 15 heavy (non-hydrogen) atoms. The smallest absolute Gasteiger partial charge is 0.404 e. The first-order valence-corrected chi connectivity index (χ1v) is 4.38. The van der Waals surface area contributed by atoms with E-state index in [0.717, 1.165) is 0 Å². The van der Waals surface area contributed by atoms with Gasteiger partial charge in [0.2, 0.25) is 6.10 Å². The molecule has 7 nitrogen and oxygen atoms in total. The minimum atomic E-state index is -1.20. The van der Waals surface area contributed by atoms with Crippen LogP contribution in [0.15, 0.2) is 0 Å². The zero-order chi connectivity index (χ0) is 11.4. The van der Waals surface area contributed by atoms with Crippen LogP contribution in [0.5, 0.6) is 0 Å². The van der Waals surface area contributed by atoms with Gasteiger partial charge < -0.3 is 19.9 Å². The fourth-order valence-electron chi connectivity index (χ4n) is 1.07. The summed E-state index contributed by atoms with van der Waals surface area (Å²) in [5.41, 5.74) is 0. The van der Waals surface area contributed by atoms with Gasteiger partial charge in [-0.25, -0.2) is 14.4 Å². The highest BCUT2D eigenvalue weighted by atomic mass is 16.6. The largest absolute Gasteiger partial charge is 0.465 e. The van der Waals surface area contributed by atoms with Crippen LogP contribution in [0.1, 0.15) is 13.3 Å². The summed E-state index contributed by atoms with van der Waals surface area (Å²) in [7, 11) is 0. The molecule has 0 bridgehead atoms. The van der Waals surface area contributed by atoms with Gasteiger partial charge in [0.15, 0.2) is 6.10 Å². The molecule has 84 valence electrons. The van der Waals surface area contributed by atoms with E-state index in [4.69, 9.17) is 9.84 Å². The SMILES string of the molecule is CC1OC(=O)C(CCNC(=O)O)OC1=O. The third-order valence-corrected chi connectivity index (χ3v) is 1.83. The Morgan fingerprint density at radius 1 is 1.40 bits per heavy atom. The van der Waals surface area contributed by atoms with Crippen molar-refractivity contribution in [1.82, 2.24) is 5.32 Å². The molecule has 1 amide bonds. The highest BCUT2D eigenvalue weighted by Gasteiger charge is 2.35. The molecule has 1 rings (SSSR count). The van der Waals surface area contributed by atoms with E-state index in [1.165, 1.54) is 6.92 Å². The average molecular weight is 217 g/mol. The molecule has 0 radical (unpaired) electrons. The van der Waals surface area contributed by atoms with E-state index < -0.39 is 30.2 Å². The minimum Gasteiger partial charge on any atom is -0.465 e. The van der Waals surface area contributed by atoms with Gasteiger partial charge in [0, 0.05) is 13.0 Å². The molecule has 2 N–H and O–H groups in total. The lowest BCUT2D eigenvalue weighted by molar-refractivity contribution is -0.193. The number of rotatable bonds is 3. The number of amides is 1. The molecule has 1 aliphatic rings. The summed E-state index contributed by atoms with van der Waals surface area (Å²) in [6.07, 6.45) is -3.02. The monoisotopic (exact) mass is 217 g/mol. The quantitative estimate of drug-likeness (QED) is 0.618. The molecule has 2 unspecified atom stereocenters. The Hall–Kier alpha value is -1.79. The van der Waals surface area contributed by atoms with Crippen molar-refractivity contribution in [1.29, 1.82) is 0 Å². The van der Waals surface area contributed by atoms with E-state index in [1.54, 1.807) is 0 Å². The fraction of sp³-hybridized carbons (Fsp3) is 0.625. The van der Waals surface area contributed by atoms with Crippen LogP contribution >= 0.6 is 0 Å². The Kier molecular flexibility index (Phi) is 3.48. The number of cyclic esters (lactones) is 2. The van der Waals surface area contributed by atoms with Crippen molar-refractivity contribution in [2.24, 2.45) is 0 Å². The maximum atomic E-state index is 11.2. The van der Waals surface area contributed by atoms with E-state index in [9.17, 15) is 14.4 Å². The van der Waals surface area contributed by atoms with Crippen LogP contribution in [0.2, 0.25) is 0 Å². The molecule has 0 aliphatic carbocycles. The lowest BCUT2D eigenvalue weighted by Crippen LogP contribution is -2.44. The summed E-state index contributed by atoms with van der Waals surface area (Å²) in [4.78, 5) is 32.3. The van der Waals surface area contributed by atoms with Gasteiger partial charge in [-0.2, -0.15) is 0 Å². The van der Waals surface area contributed by atoms with Crippen molar-refractivity contribution < 1.29 is 29.0 Å². The number of carboxylic acid groups (broad SMARTS) is 1. The Morgan fingerprint density at radius 2 is 2.07 bits per heavy atom. The Balaban J connectivity index is 2.38. The average Bonchev–Trinajstić information content (AvgIpc) is 2.13. The topological polar surface area (TPSA) is 102 Å². The number of carbonyl (C=O) groups excluding carboxylic acids is 2. The molecular formula is C8H11NO6. The van der Waals surface area contributed by atoms with E-state index in [1.807, 2.05) is 0 Å². The van der Waals surface area contributed by atoms with Crippen molar-refractivity contribution in [2.45, 2.75) is 25.6 Å². The molecular weight excluding hydrogens is 206 g/mol. The maximum absolute atomic E-state index is 11.2. The molecule has 1 heterocycles. The number of hydrogen-bond donors (Lipinski definition) is 2. The summed E-state index contributed by atoms with van der Waals surface area (Å²) in [6.45, 7) is 1.43. The molecule has 0 aromatic heterocycles. The van der Waals surface area contributed by atoms with Gasteiger partial charge >= 0.3 is 18.0 Å². The first kappa shape index (κ1) is 11.3. The van der Waals surface area contributed by atoms with Gasteiger partial charge in [0.25, 0.3) is 0 Å². The summed E-state index contributed by atoms with van der Waals surface area (Å²) in [5.74, 6) is -1.26. The van der Waals surface area contributed by atoms with E-state index >= 15 is 0 Å². The molecule has 0 spiro atoms. The van der Waals surface area contributed by atoms with Gasteiger partial charge in [0.05, 0.1) is 0 Å². The Labute approximate surface area is 85.3 Å². The predicted molar refractivity (Wildman–Crippen MR) is 46.1 cm³/mol. The van der Waals surface area contributed by atoms with Gasteiger partial charge in [-0.05, 0) is 6.92 Å². The molecule has 2 atom stereocenters. The molecule has 7 heteroatoms. The van der Waals surface area contributed by atoms with Crippen molar-refractivity contribution in [2.75, 3.05) is 6.54 Å². The number of carbonyl (C=O) groups is 3. The van der Waals surface area contributed by atoms with Crippen molar-refractivity contribution in [3.63, 3.8) is 0 Å². The summed E-state index contributed by atoms with van der Waals surface area (Å²) in [6, 6.07) is 0. The normalized spacial score (nSPS) is 25.4. The number of nitrogens with one attached hydrogen (secondary N) is 1. The lowest BCUT2D eigenvalue weighted by atomic mass is 10.2. The predicted octanol–water partition coefficient (Wildman–Crippen LogP) is -0.499. The van der Waals surface area contributed by atoms with Gasteiger partial charge in [-0.15, -0.1) is 0 Å². The standard InChI is InChI=1S/C8H11NO6/c1-4-6(10)15-5(7(11)14-4)2-3-9-8(12)13/h4-5,9H,2-3H2,1H3,(H,12,13). The zero-order valence-corrected chi connectivity index (χ0v) is 8.06. The molecule has 0 aromatic carbocycles. The van der Waals surface area contributed by atoms with Crippen LogP contribution < -0.4 is 5.32 Å². The molecule has 1 aliphatic heterocycles. The van der Waals surface area contributed by atoms with E-state index in [0.29, 0.717) is 0 Å². The van der Waals surface area contributed by atoms with Crippen LogP contribution in [0.25, 0.3) is 0 Å². The van der Waals surface area contributed by atoms with Crippen molar-refractivity contribution >= 4 is 18.0 Å². The highest BCUT2D eigenvalue weighted by Crippen LogP contribution is 2.12. The number of ether oxygens (including phenoxy) is 2. The summed E-state index contributed by atoms with van der Waals surface area (Å²) >= 11 is 0. The van der Waals surface area contributed by atoms with Crippen molar-refractivity contribution in [3.05, 3.63) is 0 Å². The Bertz CT molecular complexity index is 289. The van der Waals surface area contributed by atoms with Crippen LogP contribution in [-0.2, 0) is 19.1 Å². The van der Waals surface area contributed by atoms with Crippen LogP contribution in [0, 0.1) is 0 Å². The first-order valence-electron chi connectivity index (χ1n) is 4.38. The highest BCUT2D eigenvalue weighted by molar-refractivity contribution is 5.87. The van der Waals surface area contributed by atoms with E-state index in [-0.39, 0.29) is 13.0 Å². The second-order valence-corrected chi connectivity index (χ2v) is 3.03. The molecule has 0 saturated carbocycles. The van der Waals surface area contributed by atoms with Gasteiger partial charge in [-0.3, -0.25) is 0 Å². The third-order valence-electron chi connectivity index (χ3n) is 1.83. The molecule has 1 fully saturated rings. The second kappa shape index (κ2) is 4.63. The second-order valence-electron chi connectivity index (χ2n) is 3.03. The summed E-state index contributed by atoms with van der Waals surface area (Å²) < 4.78 is 9.43. The van der Waals surface area contributed by atoms with Crippen LogP contribution in [0.3, 0.4) is 0 Å². The number of hydrogen-bond acceptors (Lipinski definition) is 5. The van der Waals surface area contributed by atoms with Crippen LogP contribution in [-0.4, -0.2) is 41.9 Å². The molecule has 1 saturated heterocycles. The lowest BCUT2D eigenvalue weighted by Gasteiger charge is -2.25. The van der Waals surface area contributed by atoms with E-state index in [2.05, 4.69) is 10.1 Å². The Morgan fingerprint density at radius 3 is 2.67 bits per heavy atom. The van der Waals surface area contributed by atoms with Gasteiger partial charge in [-0.1, -0.05) is 0 Å². The fourth-order valence-corrected chi connectivity index (χ4v) is 1.07. The van der Waals surface area contributed by atoms with Gasteiger partial charge in [0.1, 0.15) is 0 Å². The minimum absolute atomic E-state index is 0.0246. The van der Waals surface area contributed by atoms with Crippen LogP contribution in [0.4, 0.5) is 4.79 Å². The maximum Gasteiger partial charge on any atom is 0.404 e. The molecule has 0 aromatic rings. The third kappa shape index (κ3) is 3.12. The summed E-state index contributed by atoms with van der Waals surface area (Å²) in [5, 5.41) is 10.3. The zero-order valence-electron chi connectivity index (χ0n) is 8.06.